The molecule has 1 aromatic rings. The van der Waals surface area contributed by atoms with Gasteiger partial charge in [-0.2, -0.15) is 0 Å². The van der Waals surface area contributed by atoms with Crippen molar-refractivity contribution in [1.29, 1.82) is 0 Å². The third-order valence-electron chi connectivity index (χ3n) is 3.92. The molecule has 1 fully saturated rings. The zero-order valence-corrected chi connectivity index (χ0v) is 12.2. The van der Waals surface area contributed by atoms with Gasteiger partial charge < -0.3 is 15.5 Å². The van der Waals surface area contributed by atoms with Gasteiger partial charge in [0.25, 0.3) is 5.91 Å². The Bertz CT molecular complexity index is 586. The van der Waals surface area contributed by atoms with Crippen LogP contribution in [0.3, 0.4) is 0 Å². The van der Waals surface area contributed by atoms with Crippen molar-refractivity contribution in [1.82, 2.24) is 10.6 Å². The molecular formula is C16H19N3O3. The lowest BCUT2D eigenvalue weighted by Gasteiger charge is -2.17. The number of carbonyl (C=O) groups is 2. The van der Waals surface area contributed by atoms with Crippen molar-refractivity contribution in [3.63, 3.8) is 0 Å². The molecule has 1 aromatic carbocycles. The molecule has 2 heterocycles. The molecular weight excluding hydrogens is 282 g/mol. The van der Waals surface area contributed by atoms with Gasteiger partial charge in [0.05, 0.1) is 5.71 Å². The summed E-state index contributed by atoms with van der Waals surface area (Å²) in [5.41, 5.74) is 1.70. The van der Waals surface area contributed by atoms with Crippen LogP contribution in [0.4, 0.5) is 0 Å². The van der Waals surface area contributed by atoms with Crippen molar-refractivity contribution in [2.75, 3.05) is 6.54 Å². The minimum Gasteiger partial charge on any atom is -0.382 e. The molecule has 2 N–H and O–H groups in total. The van der Waals surface area contributed by atoms with E-state index in [-0.39, 0.29) is 11.8 Å². The Morgan fingerprint density at radius 2 is 2.09 bits per heavy atom. The molecule has 6 nitrogen and oxygen atoms in total. The lowest BCUT2D eigenvalue weighted by molar-refractivity contribution is -0.135. The molecule has 2 aliphatic heterocycles. The van der Waals surface area contributed by atoms with Crippen LogP contribution in [-0.4, -0.2) is 36.2 Å². The third-order valence-corrected chi connectivity index (χ3v) is 3.92. The van der Waals surface area contributed by atoms with Gasteiger partial charge in [-0.25, -0.2) is 0 Å². The third kappa shape index (κ3) is 3.27. The predicted octanol–water partition coefficient (Wildman–Crippen LogP) is 0.964. The Morgan fingerprint density at radius 3 is 2.91 bits per heavy atom. The van der Waals surface area contributed by atoms with E-state index in [1.807, 2.05) is 30.3 Å². The van der Waals surface area contributed by atoms with Gasteiger partial charge in [-0.3, -0.25) is 9.59 Å². The minimum atomic E-state index is -0.661. The maximum absolute atomic E-state index is 12.3. The van der Waals surface area contributed by atoms with Crippen LogP contribution in [0.1, 0.15) is 31.2 Å². The Balaban J connectivity index is 1.57. The summed E-state index contributed by atoms with van der Waals surface area (Å²) in [5, 5.41) is 9.57. The van der Waals surface area contributed by atoms with Crippen molar-refractivity contribution in [3.8, 4) is 0 Å². The SMILES string of the molecule is O=C(N[C@@H]1CCCCNC1=O)[C@@H]1CC(c2ccccc2)=NO1. The second kappa shape index (κ2) is 6.60. The summed E-state index contributed by atoms with van der Waals surface area (Å²) in [4.78, 5) is 29.3. The van der Waals surface area contributed by atoms with E-state index in [0.29, 0.717) is 19.4 Å². The predicted molar refractivity (Wildman–Crippen MR) is 81.3 cm³/mol. The summed E-state index contributed by atoms with van der Waals surface area (Å²) in [6, 6.07) is 9.15. The summed E-state index contributed by atoms with van der Waals surface area (Å²) < 4.78 is 0. The van der Waals surface area contributed by atoms with Gasteiger partial charge in [0.2, 0.25) is 12.0 Å². The van der Waals surface area contributed by atoms with Crippen molar-refractivity contribution in [2.24, 2.45) is 5.16 Å². The highest BCUT2D eigenvalue weighted by Crippen LogP contribution is 2.17. The largest absolute Gasteiger partial charge is 0.382 e. The zero-order chi connectivity index (χ0) is 15.4. The number of benzene rings is 1. The van der Waals surface area contributed by atoms with Gasteiger partial charge in [0.15, 0.2) is 0 Å². The smallest absolute Gasteiger partial charge is 0.264 e. The molecule has 2 atom stereocenters. The lowest BCUT2D eigenvalue weighted by Crippen LogP contribution is -2.48. The van der Waals surface area contributed by atoms with E-state index in [1.54, 1.807) is 0 Å². The van der Waals surface area contributed by atoms with Crippen LogP contribution in [0, 0.1) is 0 Å². The van der Waals surface area contributed by atoms with Crippen LogP contribution < -0.4 is 10.6 Å². The number of nitrogens with one attached hydrogen (secondary N) is 2. The minimum absolute atomic E-state index is 0.118. The number of rotatable bonds is 3. The molecule has 22 heavy (non-hydrogen) atoms. The lowest BCUT2D eigenvalue weighted by atomic mass is 10.0. The average Bonchev–Trinajstić information content (AvgIpc) is 2.96. The maximum Gasteiger partial charge on any atom is 0.264 e. The second-order valence-electron chi connectivity index (χ2n) is 5.55. The van der Waals surface area contributed by atoms with Crippen LogP contribution in [-0.2, 0) is 14.4 Å². The van der Waals surface area contributed by atoms with Crippen LogP contribution in [0.2, 0.25) is 0 Å². The van der Waals surface area contributed by atoms with Gasteiger partial charge >= 0.3 is 0 Å². The van der Waals surface area contributed by atoms with E-state index in [4.69, 9.17) is 4.84 Å². The summed E-state index contributed by atoms with van der Waals surface area (Å²) in [7, 11) is 0. The van der Waals surface area contributed by atoms with Gasteiger partial charge in [-0.1, -0.05) is 35.5 Å². The number of nitrogens with zero attached hydrogens (tertiary/aromatic N) is 1. The van der Waals surface area contributed by atoms with Gasteiger partial charge in [-0.15, -0.1) is 0 Å². The molecule has 2 aliphatic rings. The number of amides is 2. The fourth-order valence-corrected chi connectivity index (χ4v) is 2.66. The molecule has 0 spiro atoms. The fraction of sp³-hybridized carbons (Fsp3) is 0.438. The standard InChI is InChI=1S/C16H19N3O3/c20-15-12(8-4-5-9-17-15)18-16(21)14-10-13(19-22-14)11-6-2-1-3-7-11/h1-3,6-7,12,14H,4-5,8-10H2,(H,17,20)(H,18,21)/t12-,14+/m1/s1. The molecule has 1 saturated heterocycles. The first kappa shape index (κ1) is 14.6. The number of carbonyl (C=O) groups excluding carboxylic acids is 2. The quantitative estimate of drug-likeness (QED) is 0.873. The second-order valence-corrected chi connectivity index (χ2v) is 5.55. The first-order valence-electron chi connectivity index (χ1n) is 7.60. The van der Waals surface area contributed by atoms with Gasteiger partial charge in [0.1, 0.15) is 6.04 Å². The summed E-state index contributed by atoms with van der Waals surface area (Å²) in [6.07, 6.45) is 2.28. The van der Waals surface area contributed by atoms with Crippen LogP contribution in [0.5, 0.6) is 0 Å². The summed E-state index contributed by atoms with van der Waals surface area (Å²) >= 11 is 0. The van der Waals surface area contributed by atoms with E-state index in [0.717, 1.165) is 24.1 Å². The molecule has 2 amide bonds. The molecule has 6 heteroatoms. The molecule has 0 bridgehead atoms. The van der Waals surface area contributed by atoms with Crippen molar-refractivity contribution < 1.29 is 14.4 Å². The van der Waals surface area contributed by atoms with E-state index in [1.165, 1.54) is 0 Å². The maximum atomic E-state index is 12.3. The molecule has 0 saturated carbocycles. The van der Waals surface area contributed by atoms with Crippen LogP contribution in [0.25, 0.3) is 0 Å². The Morgan fingerprint density at radius 1 is 1.27 bits per heavy atom. The van der Waals surface area contributed by atoms with Gasteiger partial charge in [0, 0.05) is 13.0 Å². The number of hydrogen-bond donors (Lipinski definition) is 2. The number of hydrogen-bond acceptors (Lipinski definition) is 4. The van der Waals surface area contributed by atoms with Crippen molar-refractivity contribution in [3.05, 3.63) is 35.9 Å². The summed E-state index contributed by atoms with van der Waals surface area (Å²) in [5.74, 6) is -0.398. The first-order valence-corrected chi connectivity index (χ1v) is 7.60. The highest BCUT2D eigenvalue weighted by Gasteiger charge is 2.32. The summed E-state index contributed by atoms with van der Waals surface area (Å²) in [6.45, 7) is 0.673. The fourth-order valence-electron chi connectivity index (χ4n) is 2.66. The normalized spacial score (nSPS) is 24.7. The average molecular weight is 301 g/mol. The van der Waals surface area contributed by atoms with Crippen molar-refractivity contribution in [2.45, 2.75) is 37.8 Å². The van der Waals surface area contributed by atoms with Crippen LogP contribution in [0.15, 0.2) is 35.5 Å². The molecule has 0 aromatic heterocycles. The zero-order valence-electron chi connectivity index (χ0n) is 12.2. The van der Waals surface area contributed by atoms with E-state index in [9.17, 15) is 9.59 Å². The molecule has 0 radical (unpaired) electrons. The van der Waals surface area contributed by atoms with Crippen LogP contribution >= 0.6 is 0 Å². The first-order chi connectivity index (χ1) is 10.7. The Kier molecular flexibility index (Phi) is 4.37. The highest BCUT2D eigenvalue weighted by atomic mass is 16.6. The monoisotopic (exact) mass is 301 g/mol. The molecule has 3 rings (SSSR count). The Hall–Kier alpha value is -2.37. The van der Waals surface area contributed by atoms with Gasteiger partial charge in [-0.05, 0) is 24.8 Å². The topological polar surface area (TPSA) is 79.8 Å². The van der Waals surface area contributed by atoms with Crippen molar-refractivity contribution >= 4 is 17.5 Å². The van der Waals surface area contributed by atoms with E-state index < -0.39 is 12.1 Å². The molecule has 116 valence electrons. The number of oxime groups is 1. The molecule has 0 unspecified atom stereocenters. The van der Waals surface area contributed by atoms with E-state index in [2.05, 4.69) is 15.8 Å². The van der Waals surface area contributed by atoms with E-state index >= 15 is 0 Å². The Labute approximate surface area is 128 Å². The molecule has 0 aliphatic carbocycles. The highest BCUT2D eigenvalue weighted by molar-refractivity contribution is 6.04.